The van der Waals surface area contributed by atoms with Crippen LogP contribution in [0.1, 0.15) is 23.2 Å². The van der Waals surface area contributed by atoms with Gasteiger partial charge in [0.15, 0.2) is 17.5 Å². The number of halogens is 3. The molecular formula is C13H12F3NO2. The fourth-order valence-corrected chi connectivity index (χ4v) is 2.10. The molecule has 0 aliphatic carbocycles. The van der Waals surface area contributed by atoms with Gasteiger partial charge >= 0.3 is 0 Å². The first kappa shape index (κ1) is 13.6. The van der Waals surface area contributed by atoms with Gasteiger partial charge in [-0.05, 0) is 25.0 Å². The summed E-state index contributed by atoms with van der Waals surface area (Å²) in [6, 6.07) is 1.66. The average Bonchev–Trinajstić information content (AvgIpc) is 2.44. The molecule has 0 atom stereocenters. The predicted molar refractivity (Wildman–Crippen MR) is 61.0 cm³/mol. The van der Waals surface area contributed by atoms with Crippen LogP contribution >= 0.6 is 0 Å². The van der Waals surface area contributed by atoms with Crippen LogP contribution in [0.2, 0.25) is 0 Å². The number of nitrogens with zero attached hydrogens (tertiary/aromatic N) is 1. The maximum Gasteiger partial charge on any atom is 0.256 e. The summed E-state index contributed by atoms with van der Waals surface area (Å²) >= 11 is 0. The van der Waals surface area contributed by atoms with Crippen molar-refractivity contribution in [1.29, 1.82) is 0 Å². The lowest BCUT2D eigenvalue weighted by molar-refractivity contribution is -0.112. The molecule has 19 heavy (non-hydrogen) atoms. The van der Waals surface area contributed by atoms with Gasteiger partial charge in [0.25, 0.3) is 5.91 Å². The highest BCUT2D eigenvalue weighted by molar-refractivity contribution is 5.94. The number of carbonyl (C=O) groups excluding carboxylic acids is 2. The fourth-order valence-electron chi connectivity index (χ4n) is 2.10. The van der Waals surface area contributed by atoms with Crippen molar-refractivity contribution in [2.45, 2.75) is 12.8 Å². The molecule has 0 bridgehead atoms. The van der Waals surface area contributed by atoms with Crippen LogP contribution in [0.5, 0.6) is 0 Å². The molecule has 0 N–H and O–H groups in total. The van der Waals surface area contributed by atoms with Crippen molar-refractivity contribution in [1.82, 2.24) is 4.90 Å². The highest BCUT2D eigenvalue weighted by Gasteiger charge is 2.26. The van der Waals surface area contributed by atoms with Crippen molar-refractivity contribution in [3.05, 3.63) is 35.1 Å². The van der Waals surface area contributed by atoms with E-state index in [9.17, 15) is 22.8 Å². The molecule has 0 radical (unpaired) electrons. The molecular weight excluding hydrogens is 259 g/mol. The molecule has 1 saturated heterocycles. The molecule has 0 spiro atoms. The smallest absolute Gasteiger partial charge is 0.256 e. The van der Waals surface area contributed by atoms with Gasteiger partial charge in [-0.15, -0.1) is 0 Å². The van der Waals surface area contributed by atoms with Gasteiger partial charge in [-0.1, -0.05) is 0 Å². The molecule has 102 valence electrons. The first-order valence-electron chi connectivity index (χ1n) is 5.92. The molecule has 1 aromatic carbocycles. The summed E-state index contributed by atoms with van der Waals surface area (Å²) in [6.45, 7) is 0.612. The molecule has 0 unspecified atom stereocenters. The van der Waals surface area contributed by atoms with Crippen molar-refractivity contribution in [3.63, 3.8) is 0 Å². The van der Waals surface area contributed by atoms with E-state index in [-0.39, 0.29) is 5.92 Å². The Kier molecular flexibility index (Phi) is 3.87. The molecule has 1 fully saturated rings. The number of aldehydes is 1. The Morgan fingerprint density at radius 1 is 1.16 bits per heavy atom. The van der Waals surface area contributed by atoms with Gasteiger partial charge in [0.05, 0.1) is 5.56 Å². The molecule has 1 heterocycles. The lowest BCUT2D eigenvalue weighted by Gasteiger charge is -2.29. The summed E-state index contributed by atoms with van der Waals surface area (Å²) < 4.78 is 39.3. The minimum Gasteiger partial charge on any atom is -0.339 e. The number of piperidine rings is 1. The highest BCUT2D eigenvalue weighted by Crippen LogP contribution is 2.20. The van der Waals surface area contributed by atoms with Crippen molar-refractivity contribution < 1.29 is 22.8 Å². The number of hydrogen-bond acceptors (Lipinski definition) is 2. The molecule has 0 saturated carbocycles. The monoisotopic (exact) mass is 271 g/mol. The van der Waals surface area contributed by atoms with E-state index < -0.39 is 28.9 Å². The second kappa shape index (κ2) is 5.42. The molecule has 3 nitrogen and oxygen atoms in total. The largest absolute Gasteiger partial charge is 0.339 e. The number of benzene rings is 1. The van der Waals surface area contributed by atoms with Crippen molar-refractivity contribution in [3.8, 4) is 0 Å². The minimum absolute atomic E-state index is 0.0983. The number of likely N-dealkylation sites (tertiary alicyclic amines) is 1. The minimum atomic E-state index is -1.64. The standard InChI is InChI=1S/C13H12F3NO2/c14-10-2-1-9(11(15)12(10)16)13(19)17-5-3-8(7-18)4-6-17/h1-2,7-8H,3-6H2. The van der Waals surface area contributed by atoms with E-state index in [1.807, 2.05) is 0 Å². The van der Waals surface area contributed by atoms with Crippen LogP contribution in [-0.4, -0.2) is 30.2 Å². The van der Waals surface area contributed by atoms with E-state index in [1.54, 1.807) is 0 Å². The third-order valence-corrected chi connectivity index (χ3v) is 3.28. The SMILES string of the molecule is O=CC1CCN(C(=O)c2ccc(F)c(F)c2F)CC1. The van der Waals surface area contributed by atoms with Gasteiger partial charge in [-0.3, -0.25) is 4.79 Å². The van der Waals surface area contributed by atoms with E-state index in [0.717, 1.165) is 18.4 Å². The Hall–Kier alpha value is -1.85. The van der Waals surface area contributed by atoms with Crippen LogP contribution in [0, 0.1) is 23.4 Å². The summed E-state index contributed by atoms with van der Waals surface area (Å²) in [7, 11) is 0. The Morgan fingerprint density at radius 2 is 1.79 bits per heavy atom. The van der Waals surface area contributed by atoms with Gasteiger partial charge < -0.3 is 9.69 Å². The van der Waals surface area contributed by atoms with Gasteiger partial charge in [0.2, 0.25) is 0 Å². The Morgan fingerprint density at radius 3 is 2.37 bits per heavy atom. The predicted octanol–water partition coefficient (Wildman–Crippen LogP) is 2.16. The normalized spacial score (nSPS) is 16.5. The molecule has 2 rings (SSSR count). The van der Waals surface area contributed by atoms with Crippen LogP contribution < -0.4 is 0 Å². The molecule has 1 aliphatic rings. The molecule has 1 aromatic rings. The van der Waals surface area contributed by atoms with Crippen LogP contribution in [0.15, 0.2) is 12.1 Å². The van der Waals surface area contributed by atoms with Crippen LogP contribution in [0.4, 0.5) is 13.2 Å². The van der Waals surface area contributed by atoms with Crippen LogP contribution in [0.3, 0.4) is 0 Å². The Labute approximate surface area is 108 Å². The first-order chi connectivity index (χ1) is 9.04. The lowest BCUT2D eigenvalue weighted by Crippen LogP contribution is -2.39. The second-order valence-electron chi connectivity index (χ2n) is 4.49. The van der Waals surface area contributed by atoms with Gasteiger partial charge in [0, 0.05) is 19.0 Å². The van der Waals surface area contributed by atoms with Gasteiger partial charge in [-0.2, -0.15) is 0 Å². The number of hydrogen-bond donors (Lipinski definition) is 0. The summed E-state index contributed by atoms with van der Waals surface area (Å²) in [6.07, 6.45) is 1.83. The van der Waals surface area contributed by atoms with Crippen molar-refractivity contribution in [2.24, 2.45) is 5.92 Å². The topological polar surface area (TPSA) is 37.4 Å². The van der Waals surface area contributed by atoms with Crippen LogP contribution in [-0.2, 0) is 4.79 Å². The van der Waals surface area contributed by atoms with Gasteiger partial charge in [-0.25, -0.2) is 13.2 Å². The summed E-state index contributed by atoms with van der Waals surface area (Å²) in [4.78, 5) is 23.9. The zero-order valence-electron chi connectivity index (χ0n) is 10.0. The summed E-state index contributed by atoms with van der Waals surface area (Å²) in [5, 5.41) is 0. The molecule has 1 amide bonds. The third kappa shape index (κ3) is 2.62. The van der Waals surface area contributed by atoms with Crippen molar-refractivity contribution in [2.75, 3.05) is 13.1 Å². The van der Waals surface area contributed by atoms with Crippen molar-refractivity contribution >= 4 is 12.2 Å². The van der Waals surface area contributed by atoms with E-state index in [4.69, 9.17) is 0 Å². The van der Waals surface area contributed by atoms with E-state index >= 15 is 0 Å². The summed E-state index contributed by atoms with van der Waals surface area (Å²) in [5.74, 6) is -5.22. The fraction of sp³-hybridized carbons (Fsp3) is 0.385. The maximum atomic E-state index is 13.5. The van der Waals surface area contributed by atoms with Crippen LogP contribution in [0.25, 0.3) is 0 Å². The number of carbonyl (C=O) groups is 2. The van der Waals surface area contributed by atoms with E-state index in [1.165, 1.54) is 4.90 Å². The Bertz CT molecular complexity index is 511. The number of amides is 1. The zero-order chi connectivity index (χ0) is 14.0. The molecule has 0 aromatic heterocycles. The average molecular weight is 271 g/mol. The highest BCUT2D eigenvalue weighted by atomic mass is 19.2. The zero-order valence-corrected chi connectivity index (χ0v) is 10.0. The number of rotatable bonds is 2. The Balaban J connectivity index is 2.17. The van der Waals surface area contributed by atoms with E-state index in [0.29, 0.717) is 25.9 Å². The van der Waals surface area contributed by atoms with Gasteiger partial charge in [0.1, 0.15) is 6.29 Å². The molecule has 1 aliphatic heterocycles. The molecule has 6 heteroatoms. The lowest BCUT2D eigenvalue weighted by atomic mass is 9.98. The summed E-state index contributed by atoms with van der Waals surface area (Å²) in [5.41, 5.74) is -0.483. The first-order valence-corrected chi connectivity index (χ1v) is 5.92. The second-order valence-corrected chi connectivity index (χ2v) is 4.49. The maximum absolute atomic E-state index is 13.5. The third-order valence-electron chi connectivity index (χ3n) is 3.28. The quantitative estimate of drug-likeness (QED) is 0.610. The van der Waals surface area contributed by atoms with E-state index in [2.05, 4.69) is 0 Å².